The number of carboxylic acid groups (broad SMARTS) is 1. The van der Waals surface area contributed by atoms with E-state index in [1.807, 2.05) is 0 Å². The molecule has 8 nitrogen and oxygen atoms in total. The fourth-order valence-corrected chi connectivity index (χ4v) is 2.59. The molecule has 0 aliphatic carbocycles. The van der Waals surface area contributed by atoms with Crippen molar-refractivity contribution >= 4 is 29.1 Å². The number of aromatic nitrogens is 3. The molecule has 1 aromatic carbocycles. The Labute approximate surface area is 143 Å². The van der Waals surface area contributed by atoms with Crippen LogP contribution in [0.25, 0.3) is 16.9 Å². The highest BCUT2D eigenvalue weighted by atomic mass is 35.5. The maximum atomic E-state index is 13.6. The Morgan fingerprint density at radius 3 is 2.76 bits per heavy atom. The van der Waals surface area contributed by atoms with Gasteiger partial charge in [-0.2, -0.15) is 0 Å². The molecule has 2 aromatic heterocycles. The molecule has 0 unspecified atom stereocenters. The SMILES string of the molecule is O=C(O)CNC(=O)c1c(=O)cc(-c2cc(F)cc(Cl)c2)n2[nH]cnc12. The summed E-state index contributed by atoms with van der Waals surface area (Å²) in [5, 5.41) is 13.6. The van der Waals surface area contributed by atoms with Gasteiger partial charge in [0.15, 0.2) is 11.1 Å². The van der Waals surface area contributed by atoms with Gasteiger partial charge in [-0.3, -0.25) is 19.5 Å². The van der Waals surface area contributed by atoms with Crippen molar-refractivity contribution in [2.75, 3.05) is 6.54 Å². The predicted octanol–water partition coefficient (Wildman–Crippen LogP) is 1.30. The Kier molecular flexibility index (Phi) is 4.24. The van der Waals surface area contributed by atoms with Crippen LogP contribution in [0.5, 0.6) is 0 Å². The molecular formula is C15H10ClFN4O4. The number of aliphatic carboxylic acids is 1. The lowest BCUT2D eigenvalue weighted by Gasteiger charge is -2.09. The van der Waals surface area contributed by atoms with Gasteiger partial charge in [-0.05, 0) is 18.2 Å². The number of hydrogen-bond acceptors (Lipinski definition) is 4. The summed E-state index contributed by atoms with van der Waals surface area (Å²) in [6.45, 7) is -0.643. The summed E-state index contributed by atoms with van der Waals surface area (Å²) in [4.78, 5) is 39.0. The van der Waals surface area contributed by atoms with E-state index in [0.29, 0.717) is 5.56 Å². The first-order valence-corrected chi connectivity index (χ1v) is 7.30. The lowest BCUT2D eigenvalue weighted by molar-refractivity contribution is -0.135. The Hall–Kier alpha value is -3.20. The number of fused-ring (bicyclic) bond motifs is 1. The molecule has 1 amide bonds. The van der Waals surface area contributed by atoms with Crippen LogP contribution in [0, 0.1) is 5.82 Å². The second-order valence-corrected chi connectivity index (χ2v) is 5.49. The van der Waals surface area contributed by atoms with Gasteiger partial charge in [-0.25, -0.2) is 13.9 Å². The minimum Gasteiger partial charge on any atom is -0.480 e. The zero-order valence-corrected chi connectivity index (χ0v) is 13.2. The fourth-order valence-electron chi connectivity index (χ4n) is 2.37. The summed E-state index contributed by atoms with van der Waals surface area (Å²) >= 11 is 5.84. The molecule has 0 radical (unpaired) electrons. The number of amides is 1. The quantitative estimate of drug-likeness (QED) is 0.645. The van der Waals surface area contributed by atoms with Crippen LogP contribution in [0.4, 0.5) is 4.39 Å². The van der Waals surface area contributed by atoms with Gasteiger partial charge >= 0.3 is 5.97 Å². The third-order valence-corrected chi connectivity index (χ3v) is 3.57. The summed E-state index contributed by atoms with van der Waals surface area (Å²) < 4.78 is 14.9. The first-order chi connectivity index (χ1) is 11.9. The van der Waals surface area contributed by atoms with E-state index in [2.05, 4.69) is 15.4 Å². The Balaban J connectivity index is 2.17. The van der Waals surface area contributed by atoms with Gasteiger partial charge in [0.1, 0.15) is 24.3 Å². The van der Waals surface area contributed by atoms with E-state index in [4.69, 9.17) is 16.7 Å². The van der Waals surface area contributed by atoms with Gasteiger partial charge in [-0.15, -0.1) is 0 Å². The smallest absolute Gasteiger partial charge is 0.322 e. The van der Waals surface area contributed by atoms with Crippen LogP contribution in [0.1, 0.15) is 10.4 Å². The number of nitrogens with one attached hydrogen (secondary N) is 2. The number of H-pyrrole nitrogens is 1. The molecule has 0 saturated heterocycles. The number of nitrogens with zero attached hydrogens (tertiary/aromatic N) is 2. The Morgan fingerprint density at radius 2 is 2.08 bits per heavy atom. The number of rotatable bonds is 4. The molecule has 2 heterocycles. The molecule has 0 atom stereocenters. The van der Waals surface area contributed by atoms with Gasteiger partial charge in [0.2, 0.25) is 0 Å². The van der Waals surface area contributed by atoms with Crippen molar-refractivity contribution in [3.05, 3.63) is 57.2 Å². The van der Waals surface area contributed by atoms with E-state index in [1.54, 1.807) is 0 Å². The number of carboxylic acids is 1. The van der Waals surface area contributed by atoms with Crippen LogP contribution in [0.15, 0.2) is 35.4 Å². The third kappa shape index (κ3) is 3.22. The minimum absolute atomic E-state index is 0.0224. The zero-order valence-electron chi connectivity index (χ0n) is 12.4. The number of carbonyl (C=O) groups is 2. The van der Waals surface area contributed by atoms with Crippen molar-refractivity contribution in [2.24, 2.45) is 0 Å². The predicted molar refractivity (Wildman–Crippen MR) is 86.2 cm³/mol. The minimum atomic E-state index is -1.25. The number of halogens is 2. The number of aromatic amines is 1. The average molecular weight is 365 g/mol. The summed E-state index contributed by atoms with van der Waals surface area (Å²) in [6.07, 6.45) is 1.24. The number of benzene rings is 1. The highest BCUT2D eigenvalue weighted by molar-refractivity contribution is 6.30. The van der Waals surface area contributed by atoms with Crippen LogP contribution in [-0.2, 0) is 4.79 Å². The molecule has 3 aromatic rings. The zero-order chi connectivity index (χ0) is 18.1. The Bertz CT molecular complexity index is 1040. The molecule has 0 fully saturated rings. The lowest BCUT2D eigenvalue weighted by atomic mass is 10.1. The summed E-state index contributed by atoms with van der Waals surface area (Å²) in [7, 11) is 0. The van der Waals surface area contributed by atoms with E-state index in [1.165, 1.54) is 23.0 Å². The second-order valence-electron chi connectivity index (χ2n) is 5.05. The molecule has 3 rings (SSSR count). The second kappa shape index (κ2) is 6.36. The summed E-state index contributed by atoms with van der Waals surface area (Å²) in [5.74, 6) is -2.72. The van der Waals surface area contributed by atoms with E-state index in [-0.39, 0.29) is 21.9 Å². The standard InChI is InChI=1S/C15H10ClFN4O4/c16-8-1-7(2-9(17)3-8)10-4-11(22)13(14-19-6-20-21(10)14)15(25)18-5-12(23)24/h1-4,6H,5H2,(H,18,25)(H,19,20)(H,23,24). The number of pyridine rings is 1. The maximum Gasteiger partial charge on any atom is 0.322 e. The molecule has 0 aliphatic heterocycles. The molecule has 0 spiro atoms. The third-order valence-electron chi connectivity index (χ3n) is 3.35. The lowest BCUT2D eigenvalue weighted by Crippen LogP contribution is -2.33. The van der Waals surface area contributed by atoms with Crippen LogP contribution in [0.2, 0.25) is 5.02 Å². The van der Waals surface area contributed by atoms with E-state index >= 15 is 0 Å². The molecule has 0 bridgehead atoms. The molecule has 3 N–H and O–H groups in total. The van der Waals surface area contributed by atoms with Crippen LogP contribution in [-0.4, -0.2) is 38.1 Å². The largest absolute Gasteiger partial charge is 0.480 e. The molecular weight excluding hydrogens is 355 g/mol. The monoisotopic (exact) mass is 364 g/mol. The van der Waals surface area contributed by atoms with Crippen LogP contribution in [0.3, 0.4) is 0 Å². The first-order valence-electron chi connectivity index (χ1n) is 6.92. The summed E-state index contributed by atoms with van der Waals surface area (Å²) in [5.41, 5.74) is -0.488. The van der Waals surface area contributed by atoms with Crippen molar-refractivity contribution < 1.29 is 19.1 Å². The van der Waals surface area contributed by atoms with Gasteiger partial charge < -0.3 is 10.4 Å². The van der Waals surface area contributed by atoms with Crippen molar-refractivity contribution in [3.63, 3.8) is 0 Å². The molecule has 0 saturated carbocycles. The highest BCUT2D eigenvalue weighted by Gasteiger charge is 2.20. The van der Waals surface area contributed by atoms with Crippen molar-refractivity contribution in [2.45, 2.75) is 0 Å². The van der Waals surface area contributed by atoms with Gasteiger partial charge in [0.05, 0.1) is 5.69 Å². The van der Waals surface area contributed by atoms with Crippen molar-refractivity contribution in [1.82, 2.24) is 19.9 Å². The maximum absolute atomic E-state index is 13.6. The topological polar surface area (TPSA) is 117 Å². The number of hydrogen-bond donors (Lipinski definition) is 3. The van der Waals surface area contributed by atoms with Gasteiger partial charge in [-0.1, -0.05) is 11.6 Å². The average Bonchev–Trinajstić information content (AvgIpc) is 2.99. The van der Waals surface area contributed by atoms with E-state index in [9.17, 15) is 18.8 Å². The van der Waals surface area contributed by atoms with Gasteiger partial charge in [0.25, 0.3) is 5.91 Å². The normalized spacial score (nSPS) is 10.8. The summed E-state index contributed by atoms with van der Waals surface area (Å²) in [6, 6.07) is 4.87. The fraction of sp³-hybridized carbons (Fsp3) is 0.0667. The first kappa shape index (κ1) is 16.7. The number of carbonyl (C=O) groups excluding carboxylic acids is 1. The van der Waals surface area contributed by atoms with Crippen LogP contribution >= 0.6 is 11.6 Å². The molecule has 10 heteroatoms. The van der Waals surface area contributed by atoms with Gasteiger partial charge in [0, 0.05) is 16.7 Å². The Morgan fingerprint density at radius 1 is 1.32 bits per heavy atom. The van der Waals surface area contributed by atoms with Crippen molar-refractivity contribution in [3.8, 4) is 11.3 Å². The highest BCUT2D eigenvalue weighted by Crippen LogP contribution is 2.24. The van der Waals surface area contributed by atoms with E-state index < -0.39 is 29.7 Å². The van der Waals surface area contributed by atoms with Crippen LogP contribution < -0.4 is 10.7 Å². The molecule has 25 heavy (non-hydrogen) atoms. The van der Waals surface area contributed by atoms with E-state index in [0.717, 1.165) is 12.1 Å². The van der Waals surface area contributed by atoms with Crippen molar-refractivity contribution in [1.29, 1.82) is 0 Å². The molecule has 0 aliphatic rings. The molecule has 128 valence electrons.